The van der Waals surface area contributed by atoms with E-state index in [2.05, 4.69) is 15.1 Å². The lowest BCUT2D eigenvalue weighted by Gasteiger charge is -2.36. The van der Waals surface area contributed by atoms with E-state index >= 15 is 0 Å². The van der Waals surface area contributed by atoms with E-state index in [1.165, 1.54) is 5.56 Å². The zero-order valence-corrected chi connectivity index (χ0v) is 18.0. The molecule has 2 amide bonds. The van der Waals surface area contributed by atoms with Crippen molar-refractivity contribution < 1.29 is 19.1 Å². The molecule has 0 bridgehead atoms. The van der Waals surface area contributed by atoms with Crippen molar-refractivity contribution in [1.29, 1.82) is 0 Å². The molecule has 0 aromatic heterocycles. The number of ether oxygens (including phenoxy) is 2. The lowest BCUT2D eigenvalue weighted by molar-refractivity contribution is -0.134. The van der Waals surface area contributed by atoms with Gasteiger partial charge in [0, 0.05) is 45.3 Å². The van der Waals surface area contributed by atoms with Crippen molar-refractivity contribution in [3.63, 3.8) is 0 Å². The van der Waals surface area contributed by atoms with Gasteiger partial charge in [-0.15, -0.1) is 0 Å². The molecule has 1 aliphatic carbocycles. The lowest BCUT2D eigenvalue weighted by Crippen LogP contribution is -2.52. The molecular weight excluding hydrogens is 384 g/mol. The third-order valence-electron chi connectivity index (χ3n) is 6.20. The molecule has 1 saturated heterocycles. The SMILES string of the molecule is COc1cc2c(cc1OC)CN(C(=O)CN1CCN(CC(=O)NC3CC3)CC1)CC2. The maximum Gasteiger partial charge on any atom is 0.237 e. The van der Waals surface area contributed by atoms with Crippen LogP contribution in [0.2, 0.25) is 0 Å². The number of nitrogens with zero attached hydrogens (tertiary/aromatic N) is 3. The van der Waals surface area contributed by atoms with Gasteiger partial charge in [-0.25, -0.2) is 0 Å². The molecule has 1 aromatic rings. The Labute approximate surface area is 178 Å². The van der Waals surface area contributed by atoms with Crippen LogP contribution in [0.5, 0.6) is 11.5 Å². The van der Waals surface area contributed by atoms with Gasteiger partial charge in [0.2, 0.25) is 11.8 Å². The molecule has 1 aromatic carbocycles. The largest absolute Gasteiger partial charge is 0.493 e. The van der Waals surface area contributed by atoms with E-state index in [-0.39, 0.29) is 11.8 Å². The van der Waals surface area contributed by atoms with Crippen LogP contribution in [0.15, 0.2) is 12.1 Å². The summed E-state index contributed by atoms with van der Waals surface area (Å²) in [5.41, 5.74) is 2.34. The summed E-state index contributed by atoms with van der Waals surface area (Å²) >= 11 is 0. The second kappa shape index (κ2) is 9.22. The van der Waals surface area contributed by atoms with Crippen LogP contribution in [-0.2, 0) is 22.6 Å². The average Bonchev–Trinajstić information content (AvgIpc) is 3.57. The Hall–Kier alpha value is -2.32. The van der Waals surface area contributed by atoms with Crippen molar-refractivity contribution in [2.24, 2.45) is 0 Å². The molecule has 0 atom stereocenters. The second-order valence-corrected chi connectivity index (χ2v) is 8.44. The molecule has 8 heteroatoms. The number of rotatable bonds is 7. The number of benzene rings is 1. The van der Waals surface area contributed by atoms with Gasteiger partial charge in [0.15, 0.2) is 11.5 Å². The normalized spacial score (nSPS) is 19.9. The van der Waals surface area contributed by atoms with Crippen LogP contribution in [0.25, 0.3) is 0 Å². The molecule has 0 unspecified atom stereocenters. The highest BCUT2D eigenvalue weighted by molar-refractivity contribution is 5.79. The summed E-state index contributed by atoms with van der Waals surface area (Å²) < 4.78 is 10.8. The summed E-state index contributed by atoms with van der Waals surface area (Å²) in [4.78, 5) is 31.2. The minimum atomic E-state index is 0.126. The molecule has 1 saturated carbocycles. The third kappa shape index (κ3) is 5.05. The molecular formula is C22H32N4O4. The van der Waals surface area contributed by atoms with Gasteiger partial charge >= 0.3 is 0 Å². The van der Waals surface area contributed by atoms with E-state index in [0.717, 1.165) is 63.3 Å². The summed E-state index contributed by atoms with van der Waals surface area (Å²) in [7, 11) is 3.27. The van der Waals surface area contributed by atoms with Gasteiger partial charge in [0.25, 0.3) is 0 Å². The Morgan fingerprint density at radius 2 is 1.53 bits per heavy atom. The number of piperazine rings is 1. The predicted octanol–water partition coefficient (Wildman–Crippen LogP) is 0.485. The van der Waals surface area contributed by atoms with Gasteiger partial charge in [-0.1, -0.05) is 0 Å². The fourth-order valence-electron chi connectivity index (χ4n) is 4.20. The highest BCUT2D eigenvalue weighted by Gasteiger charge is 2.27. The first-order valence-electron chi connectivity index (χ1n) is 10.8. The van der Waals surface area contributed by atoms with Crippen LogP contribution >= 0.6 is 0 Å². The molecule has 30 heavy (non-hydrogen) atoms. The highest BCUT2D eigenvalue weighted by Crippen LogP contribution is 2.33. The first-order valence-corrected chi connectivity index (χ1v) is 10.8. The van der Waals surface area contributed by atoms with Crippen LogP contribution in [0, 0.1) is 0 Å². The van der Waals surface area contributed by atoms with Gasteiger partial charge in [0.1, 0.15) is 0 Å². The molecule has 0 radical (unpaired) electrons. The Balaban J connectivity index is 1.25. The maximum absolute atomic E-state index is 12.9. The van der Waals surface area contributed by atoms with E-state index < -0.39 is 0 Å². The van der Waals surface area contributed by atoms with E-state index in [0.29, 0.717) is 31.4 Å². The maximum atomic E-state index is 12.9. The molecule has 8 nitrogen and oxygen atoms in total. The Morgan fingerprint density at radius 1 is 0.933 bits per heavy atom. The van der Waals surface area contributed by atoms with Crippen LogP contribution < -0.4 is 14.8 Å². The highest BCUT2D eigenvalue weighted by atomic mass is 16.5. The van der Waals surface area contributed by atoms with Crippen LogP contribution in [0.1, 0.15) is 24.0 Å². The van der Waals surface area contributed by atoms with Gasteiger partial charge < -0.3 is 19.7 Å². The van der Waals surface area contributed by atoms with Gasteiger partial charge in [-0.3, -0.25) is 19.4 Å². The number of fused-ring (bicyclic) bond motifs is 1. The van der Waals surface area contributed by atoms with Crippen molar-refractivity contribution in [3.8, 4) is 11.5 Å². The molecule has 4 rings (SSSR count). The number of carbonyl (C=O) groups is 2. The summed E-state index contributed by atoms with van der Waals surface area (Å²) in [6.07, 6.45) is 3.05. The number of hydrogen-bond acceptors (Lipinski definition) is 6. The zero-order valence-electron chi connectivity index (χ0n) is 18.0. The number of amides is 2. The minimum Gasteiger partial charge on any atom is -0.493 e. The van der Waals surface area contributed by atoms with Crippen molar-refractivity contribution in [2.75, 3.05) is 60.0 Å². The molecule has 164 valence electrons. The summed E-state index contributed by atoms with van der Waals surface area (Å²) in [6, 6.07) is 4.42. The molecule has 1 N–H and O–H groups in total. The molecule has 2 heterocycles. The topological polar surface area (TPSA) is 74.4 Å². The Bertz CT molecular complexity index is 788. The smallest absolute Gasteiger partial charge is 0.237 e. The first kappa shape index (κ1) is 20.9. The average molecular weight is 417 g/mol. The van der Waals surface area contributed by atoms with Crippen LogP contribution in [0.4, 0.5) is 0 Å². The molecule has 2 aliphatic heterocycles. The third-order valence-corrected chi connectivity index (χ3v) is 6.20. The molecule has 0 spiro atoms. The summed E-state index contributed by atoms with van der Waals surface area (Å²) in [5.74, 6) is 1.73. The summed E-state index contributed by atoms with van der Waals surface area (Å²) in [5, 5.41) is 3.04. The predicted molar refractivity (Wildman–Crippen MR) is 113 cm³/mol. The number of nitrogens with one attached hydrogen (secondary N) is 1. The van der Waals surface area contributed by atoms with Crippen molar-refractivity contribution in [1.82, 2.24) is 20.0 Å². The fourth-order valence-corrected chi connectivity index (χ4v) is 4.20. The Kier molecular flexibility index (Phi) is 6.43. The van der Waals surface area contributed by atoms with Crippen molar-refractivity contribution in [3.05, 3.63) is 23.3 Å². The van der Waals surface area contributed by atoms with E-state index in [1.54, 1.807) is 14.2 Å². The Morgan fingerprint density at radius 3 is 2.13 bits per heavy atom. The monoisotopic (exact) mass is 416 g/mol. The first-order chi connectivity index (χ1) is 14.6. The zero-order chi connectivity index (χ0) is 21.1. The van der Waals surface area contributed by atoms with Crippen LogP contribution in [-0.4, -0.2) is 92.6 Å². The second-order valence-electron chi connectivity index (χ2n) is 8.44. The van der Waals surface area contributed by atoms with E-state index in [1.807, 2.05) is 17.0 Å². The van der Waals surface area contributed by atoms with E-state index in [9.17, 15) is 9.59 Å². The number of carbonyl (C=O) groups excluding carboxylic acids is 2. The quantitative estimate of drug-likeness (QED) is 0.697. The minimum absolute atomic E-state index is 0.126. The number of hydrogen-bond donors (Lipinski definition) is 1. The summed E-state index contributed by atoms with van der Waals surface area (Å²) in [6.45, 7) is 5.52. The standard InChI is InChI=1S/C22H32N4O4/c1-29-19-11-16-5-6-26(13-17(16)12-20(19)30-2)22(28)15-25-9-7-24(8-10-25)14-21(27)23-18-3-4-18/h11-12,18H,3-10,13-15H2,1-2H3,(H,23,27). The van der Waals surface area contributed by atoms with E-state index in [4.69, 9.17) is 9.47 Å². The van der Waals surface area contributed by atoms with Gasteiger partial charge in [-0.05, 0) is 42.5 Å². The molecule has 2 fully saturated rings. The molecule has 3 aliphatic rings. The van der Waals surface area contributed by atoms with Crippen molar-refractivity contribution >= 4 is 11.8 Å². The van der Waals surface area contributed by atoms with Gasteiger partial charge in [0.05, 0.1) is 27.3 Å². The lowest BCUT2D eigenvalue weighted by atomic mass is 9.98. The van der Waals surface area contributed by atoms with Crippen molar-refractivity contribution in [2.45, 2.75) is 31.8 Å². The van der Waals surface area contributed by atoms with Crippen LogP contribution in [0.3, 0.4) is 0 Å². The fraction of sp³-hybridized carbons (Fsp3) is 0.636. The van der Waals surface area contributed by atoms with Gasteiger partial charge in [-0.2, -0.15) is 0 Å². The number of methoxy groups -OCH3 is 2.